The van der Waals surface area contributed by atoms with Gasteiger partial charge in [0.05, 0.1) is 11.1 Å². The van der Waals surface area contributed by atoms with Gasteiger partial charge in [0.2, 0.25) is 11.8 Å². The van der Waals surface area contributed by atoms with Gasteiger partial charge in [0, 0.05) is 17.4 Å². The summed E-state index contributed by atoms with van der Waals surface area (Å²) >= 11 is 3.24. The number of fused-ring (bicyclic) bond motifs is 1. The molecular weight excluding hydrogens is 340 g/mol. The Bertz CT molecular complexity index is 965. The van der Waals surface area contributed by atoms with Crippen LogP contribution >= 0.6 is 23.1 Å². The molecular formula is C17H14N4OS2. The van der Waals surface area contributed by atoms with Crippen LogP contribution in [0.2, 0.25) is 0 Å². The Kier molecular flexibility index (Phi) is 4.27. The molecule has 3 aromatic heterocycles. The molecule has 0 atom stereocenters. The van der Waals surface area contributed by atoms with Crippen molar-refractivity contribution in [2.24, 2.45) is 0 Å². The summed E-state index contributed by atoms with van der Waals surface area (Å²) in [6, 6.07) is 10.3. The second-order valence-electron chi connectivity index (χ2n) is 5.11. The molecule has 0 unspecified atom stereocenters. The number of hydrogen-bond donors (Lipinski definition) is 0. The molecule has 0 bridgehead atoms. The highest BCUT2D eigenvalue weighted by Crippen LogP contribution is 2.38. The van der Waals surface area contributed by atoms with E-state index in [4.69, 9.17) is 4.42 Å². The van der Waals surface area contributed by atoms with Crippen LogP contribution in [0.25, 0.3) is 21.3 Å². The molecule has 0 aliphatic heterocycles. The van der Waals surface area contributed by atoms with E-state index in [9.17, 15) is 0 Å². The summed E-state index contributed by atoms with van der Waals surface area (Å²) in [7, 11) is 0. The molecule has 120 valence electrons. The molecule has 0 fully saturated rings. The van der Waals surface area contributed by atoms with Crippen LogP contribution in [0.3, 0.4) is 0 Å². The highest BCUT2D eigenvalue weighted by Gasteiger charge is 2.14. The summed E-state index contributed by atoms with van der Waals surface area (Å²) < 4.78 is 5.58. The Hall–Kier alpha value is -2.25. The number of rotatable bonds is 5. The Morgan fingerprint density at radius 2 is 1.92 bits per heavy atom. The molecule has 1 aromatic carbocycles. The summed E-state index contributed by atoms with van der Waals surface area (Å²) in [6.07, 6.45) is 2.36. The number of thioether (sulfide) groups is 1. The predicted octanol–water partition coefficient (Wildman–Crippen LogP) is 4.60. The molecule has 0 saturated carbocycles. The van der Waals surface area contributed by atoms with E-state index in [0.29, 0.717) is 17.5 Å². The smallest absolute Gasteiger partial charge is 0.226 e. The van der Waals surface area contributed by atoms with Crippen molar-refractivity contribution in [1.82, 2.24) is 20.2 Å². The summed E-state index contributed by atoms with van der Waals surface area (Å²) in [6.45, 7) is 2.00. The number of thiophene rings is 1. The zero-order valence-electron chi connectivity index (χ0n) is 13.0. The third kappa shape index (κ3) is 2.92. The zero-order chi connectivity index (χ0) is 16.4. The van der Waals surface area contributed by atoms with Gasteiger partial charge in [0.1, 0.15) is 16.2 Å². The van der Waals surface area contributed by atoms with Gasteiger partial charge >= 0.3 is 0 Å². The molecule has 3 heterocycles. The van der Waals surface area contributed by atoms with E-state index in [-0.39, 0.29) is 0 Å². The first-order valence-corrected chi connectivity index (χ1v) is 9.43. The van der Waals surface area contributed by atoms with Gasteiger partial charge in [-0.05, 0) is 5.56 Å². The number of aromatic nitrogens is 4. The first-order chi connectivity index (χ1) is 11.8. The van der Waals surface area contributed by atoms with Gasteiger partial charge in [-0.1, -0.05) is 49.0 Å². The van der Waals surface area contributed by atoms with Gasteiger partial charge in [0.25, 0.3) is 0 Å². The van der Waals surface area contributed by atoms with Gasteiger partial charge in [-0.15, -0.1) is 21.5 Å². The summed E-state index contributed by atoms with van der Waals surface area (Å²) in [4.78, 5) is 9.87. The zero-order valence-corrected chi connectivity index (χ0v) is 14.6. The minimum atomic E-state index is 0.600. The van der Waals surface area contributed by atoms with Crippen LogP contribution in [0, 0.1) is 0 Å². The van der Waals surface area contributed by atoms with E-state index in [1.807, 2.05) is 25.1 Å². The van der Waals surface area contributed by atoms with Crippen LogP contribution < -0.4 is 0 Å². The Morgan fingerprint density at radius 1 is 1.08 bits per heavy atom. The fourth-order valence-electron chi connectivity index (χ4n) is 2.41. The standard InChI is InChI=1S/C17H14N4OS2/c1-2-13-20-21-14(22-13)9-24-17-15-12(11-6-4-3-5-7-11)8-23-16(15)18-10-19-17/h3-8,10H,2,9H2,1H3. The van der Waals surface area contributed by atoms with Gasteiger partial charge in [-0.3, -0.25) is 0 Å². The molecule has 4 aromatic rings. The van der Waals surface area contributed by atoms with Gasteiger partial charge in [-0.2, -0.15) is 0 Å². The number of hydrogen-bond acceptors (Lipinski definition) is 7. The van der Waals surface area contributed by atoms with Crippen LogP contribution in [0.5, 0.6) is 0 Å². The van der Waals surface area contributed by atoms with Crippen LogP contribution in [0.4, 0.5) is 0 Å². The summed E-state index contributed by atoms with van der Waals surface area (Å²) in [5, 5.41) is 12.2. The molecule has 0 saturated heterocycles. The van der Waals surface area contributed by atoms with Gasteiger partial charge < -0.3 is 4.42 Å². The first-order valence-electron chi connectivity index (χ1n) is 7.57. The molecule has 0 amide bonds. The normalized spacial score (nSPS) is 11.2. The lowest BCUT2D eigenvalue weighted by atomic mass is 10.1. The minimum absolute atomic E-state index is 0.600. The SMILES string of the molecule is CCc1nnc(CSc2ncnc3scc(-c4ccccc4)c23)o1. The van der Waals surface area contributed by atoms with E-state index < -0.39 is 0 Å². The van der Waals surface area contributed by atoms with Crippen LogP contribution in [-0.4, -0.2) is 20.2 Å². The largest absolute Gasteiger partial charge is 0.424 e. The van der Waals surface area contributed by atoms with Gasteiger partial charge in [-0.25, -0.2) is 9.97 Å². The molecule has 0 aliphatic rings. The van der Waals surface area contributed by atoms with Crippen molar-refractivity contribution in [3.8, 4) is 11.1 Å². The molecule has 4 rings (SSSR count). The lowest BCUT2D eigenvalue weighted by Crippen LogP contribution is -1.87. The average Bonchev–Trinajstić information content (AvgIpc) is 3.27. The molecule has 0 spiro atoms. The lowest BCUT2D eigenvalue weighted by molar-refractivity contribution is 0.470. The van der Waals surface area contributed by atoms with Crippen molar-refractivity contribution in [1.29, 1.82) is 0 Å². The third-order valence-corrected chi connectivity index (χ3v) is 5.42. The fourth-order valence-corrected chi connectivity index (χ4v) is 4.24. The topological polar surface area (TPSA) is 64.7 Å². The number of benzene rings is 1. The van der Waals surface area contributed by atoms with E-state index >= 15 is 0 Å². The minimum Gasteiger partial charge on any atom is -0.424 e. The van der Waals surface area contributed by atoms with E-state index in [2.05, 4.69) is 37.7 Å². The van der Waals surface area contributed by atoms with E-state index in [0.717, 1.165) is 21.7 Å². The molecule has 0 aliphatic carbocycles. The fraction of sp³-hybridized carbons (Fsp3) is 0.176. The van der Waals surface area contributed by atoms with Crippen LogP contribution in [0.15, 0.2) is 51.5 Å². The highest BCUT2D eigenvalue weighted by molar-refractivity contribution is 7.98. The quantitative estimate of drug-likeness (QED) is 0.386. The number of aryl methyl sites for hydroxylation is 1. The Morgan fingerprint density at radius 3 is 2.71 bits per heavy atom. The first kappa shape index (κ1) is 15.3. The molecule has 7 heteroatoms. The third-order valence-electron chi connectivity index (χ3n) is 3.56. The Balaban J connectivity index is 1.69. The van der Waals surface area contributed by atoms with Crippen LogP contribution in [-0.2, 0) is 12.2 Å². The van der Waals surface area contributed by atoms with Crippen molar-refractivity contribution in [2.75, 3.05) is 0 Å². The maximum absolute atomic E-state index is 5.58. The maximum atomic E-state index is 5.58. The second-order valence-corrected chi connectivity index (χ2v) is 6.93. The highest BCUT2D eigenvalue weighted by atomic mass is 32.2. The summed E-state index contributed by atoms with van der Waals surface area (Å²) in [5.74, 6) is 1.89. The van der Waals surface area contributed by atoms with Crippen LogP contribution in [0.1, 0.15) is 18.7 Å². The predicted molar refractivity (Wildman–Crippen MR) is 96.1 cm³/mol. The molecule has 24 heavy (non-hydrogen) atoms. The van der Waals surface area contributed by atoms with Crippen molar-refractivity contribution >= 4 is 33.3 Å². The molecule has 0 radical (unpaired) electrons. The Labute approximate surface area is 147 Å². The second kappa shape index (κ2) is 6.70. The average molecular weight is 354 g/mol. The van der Waals surface area contributed by atoms with Gasteiger partial charge in [0.15, 0.2) is 0 Å². The maximum Gasteiger partial charge on any atom is 0.226 e. The van der Waals surface area contributed by atoms with Crippen molar-refractivity contribution in [3.63, 3.8) is 0 Å². The van der Waals surface area contributed by atoms with E-state index in [1.165, 1.54) is 11.1 Å². The number of nitrogens with zero attached hydrogens (tertiary/aromatic N) is 4. The van der Waals surface area contributed by atoms with Crippen molar-refractivity contribution in [2.45, 2.75) is 24.1 Å². The lowest BCUT2D eigenvalue weighted by Gasteiger charge is -2.04. The monoisotopic (exact) mass is 354 g/mol. The van der Waals surface area contributed by atoms with Crippen molar-refractivity contribution in [3.05, 3.63) is 53.8 Å². The van der Waals surface area contributed by atoms with Crippen molar-refractivity contribution < 1.29 is 4.42 Å². The van der Waals surface area contributed by atoms with E-state index in [1.54, 1.807) is 29.4 Å². The molecule has 5 nitrogen and oxygen atoms in total. The summed E-state index contributed by atoms with van der Waals surface area (Å²) in [5.41, 5.74) is 2.34. The molecule has 0 N–H and O–H groups in total.